The van der Waals surface area contributed by atoms with Crippen molar-refractivity contribution in [3.05, 3.63) is 71.3 Å². The van der Waals surface area contributed by atoms with Crippen molar-refractivity contribution >= 4 is 29.2 Å². The number of benzene rings is 2. The lowest BCUT2D eigenvalue weighted by molar-refractivity contribution is -0.352. The summed E-state index contributed by atoms with van der Waals surface area (Å²) in [5.74, 6) is 0.412. The van der Waals surface area contributed by atoms with Crippen LogP contribution in [0.1, 0.15) is 25.0 Å². The van der Waals surface area contributed by atoms with Gasteiger partial charge < -0.3 is 0 Å². The molecule has 2 N–H and O–H groups in total. The molecule has 2 heterocycles. The van der Waals surface area contributed by atoms with Gasteiger partial charge in [-0.15, -0.1) is 0 Å². The number of hydrogen-bond donors (Lipinski definition) is 2. The second-order valence-corrected chi connectivity index (χ2v) is 7.77. The van der Waals surface area contributed by atoms with Crippen molar-refractivity contribution < 1.29 is 26.9 Å². The molecule has 0 saturated heterocycles. The van der Waals surface area contributed by atoms with Crippen molar-refractivity contribution in [3.63, 3.8) is 0 Å². The number of carbonyl (C=O) groups excluding carboxylic acids is 1. The third-order valence-electron chi connectivity index (χ3n) is 5.14. The zero-order valence-electron chi connectivity index (χ0n) is 16.7. The summed E-state index contributed by atoms with van der Waals surface area (Å²) in [5.41, 5.74) is 0.0602. The van der Waals surface area contributed by atoms with Crippen LogP contribution in [0.2, 0.25) is 0 Å². The van der Waals surface area contributed by atoms with Crippen molar-refractivity contribution in [2.45, 2.75) is 25.6 Å². The minimum absolute atomic E-state index is 0.183. The molecule has 0 bridgehead atoms. The van der Waals surface area contributed by atoms with E-state index < -0.39 is 23.1 Å². The predicted molar refractivity (Wildman–Crippen MR) is 109 cm³/mol. The van der Waals surface area contributed by atoms with E-state index in [0.29, 0.717) is 34.9 Å². The molecule has 2 aromatic rings. The zero-order chi connectivity index (χ0) is 22.4. The molecule has 160 valence electrons. The monoisotopic (exact) mass is 431 g/mol. The molecule has 0 aromatic heterocycles. The molecule has 2 aromatic carbocycles. The number of nitrogens with zero attached hydrogens (tertiary/aromatic N) is 2. The van der Waals surface area contributed by atoms with Crippen LogP contribution in [0.15, 0.2) is 59.3 Å². The number of carbonyl (C=O) groups is 1. The molecule has 0 fully saturated rings. The summed E-state index contributed by atoms with van der Waals surface area (Å²) in [6.45, 7) is 4.02. The molecule has 5 nitrogen and oxygen atoms in total. The number of fused-ring (bicyclic) bond motifs is 1. The summed E-state index contributed by atoms with van der Waals surface area (Å²) in [6, 6.07) is 10.4. The lowest BCUT2D eigenvalue weighted by Crippen LogP contribution is -2.58. The van der Waals surface area contributed by atoms with Crippen molar-refractivity contribution in [2.24, 2.45) is 4.99 Å². The van der Waals surface area contributed by atoms with Gasteiger partial charge in [0.1, 0.15) is 17.1 Å². The normalized spacial score (nSPS) is 18.1. The largest absolute Gasteiger partial charge is 0.416 e. The summed E-state index contributed by atoms with van der Waals surface area (Å²) < 4.78 is 54.6. The first-order valence-electron chi connectivity index (χ1n) is 9.50. The molecular weight excluding hydrogens is 412 g/mol. The van der Waals surface area contributed by atoms with Crippen molar-refractivity contribution in [1.29, 1.82) is 0 Å². The first-order valence-corrected chi connectivity index (χ1v) is 9.50. The Morgan fingerprint density at radius 2 is 1.87 bits per heavy atom. The van der Waals surface area contributed by atoms with Gasteiger partial charge in [0.05, 0.1) is 17.8 Å². The van der Waals surface area contributed by atoms with E-state index in [0.717, 1.165) is 12.1 Å². The summed E-state index contributed by atoms with van der Waals surface area (Å²) in [7, 11) is 0. The van der Waals surface area contributed by atoms with Gasteiger partial charge in [0, 0.05) is 5.56 Å². The van der Waals surface area contributed by atoms with Gasteiger partial charge in [-0.25, -0.2) is 4.39 Å². The summed E-state index contributed by atoms with van der Waals surface area (Å²) in [5, 5.41) is 6.23. The third kappa shape index (κ3) is 3.88. The second kappa shape index (κ2) is 7.42. The molecule has 31 heavy (non-hydrogen) atoms. The molecule has 4 rings (SSSR count). The highest BCUT2D eigenvalue weighted by Gasteiger charge is 2.46. The molecule has 2 aliphatic heterocycles. The highest BCUT2D eigenvalue weighted by molar-refractivity contribution is 6.29. The van der Waals surface area contributed by atoms with E-state index in [9.17, 15) is 22.4 Å². The van der Waals surface area contributed by atoms with E-state index in [1.54, 1.807) is 4.58 Å². The standard InChI is InChI=1S/C22H18F4N4O/c1-21(2)20-29-18(13-6-8-15(23)9-7-13)19(30(20)17(12-31)11-27-21)28-16-5-3-4-14(10-16)22(24,25)26/h3-10,12,27H,11H2,1-2H3/p+1. The average molecular weight is 431 g/mol. The van der Waals surface area contributed by atoms with Gasteiger partial charge in [0.15, 0.2) is 6.29 Å². The first-order chi connectivity index (χ1) is 14.6. The fourth-order valence-electron chi connectivity index (χ4n) is 3.52. The van der Waals surface area contributed by atoms with E-state index in [2.05, 4.69) is 15.6 Å². The van der Waals surface area contributed by atoms with Gasteiger partial charge in [-0.05, 0) is 56.3 Å². The van der Waals surface area contributed by atoms with E-state index in [4.69, 9.17) is 0 Å². The SMILES string of the molecule is CC1(C)NCC(C=O)=[N+]2C1=NC(c1ccc(F)cc1)=C2Nc1cccc(C(F)(F)F)c1. The van der Waals surface area contributed by atoms with E-state index >= 15 is 0 Å². The highest BCUT2D eigenvalue weighted by Crippen LogP contribution is 2.34. The van der Waals surface area contributed by atoms with Crippen molar-refractivity contribution in [3.8, 4) is 0 Å². The Kier molecular flexibility index (Phi) is 5.01. The molecule has 0 aliphatic carbocycles. The van der Waals surface area contributed by atoms with Gasteiger partial charge in [-0.3, -0.25) is 15.4 Å². The smallest absolute Gasteiger partial charge is 0.296 e. The molecule has 0 unspecified atom stereocenters. The van der Waals surface area contributed by atoms with Gasteiger partial charge in [-0.2, -0.15) is 17.7 Å². The van der Waals surface area contributed by atoms with Gasteiger partial charge >= 0.3 is 6.18 Å². The second-order valence-electron chi connectivity index (χ2n) is 7.77. The fraction of sp³-hybridized carbons (Fsp3) is 0.227. The van der Waals surface area contributed by atoms with Crippen molar-refractivity contribution in [1.82, 2.24) is 5.32 Å². The van der Waals surface area contributed by atoms with Crippen LogP contribution in [-0.2, 0) is 11.0 Å². The average Bonchev–Trinajstić information content (AvgIpc) is 3.09. The number of halogens is 4. The molecule has 2 aliphatic rings. The number of aldehydes is 1. The Morgan fingerprint density at radius 1 is 1.16 bits per heavy atom. The zero-order valence-corrected chi connectivity index (χ0v) is 16.7. The quantitative estimate of drug-likeness (QED) is 0.437. The Labute approximate surface area is 175 Å². The summed E-state index contributed by atoms with van der Waals surface area (Å²) in [4.78, 5) is 16.4. The minimum atomic E-state index is -4.50. The van der Waals surface area contributed by atoms with Gasteiger partial charge in [-0.1, -0.05) is 11.1 Å². The maximum Gasteiger partial charge on any atom is 0.416 e. The van der Waals surface area contributed by atoms with Crippen LogP contribution in [0.5, 0.6) is 0 Å². The van der Waals surface area contributed by atoms with Crippen LogP contribution in [0.3, 0.4) is 0 Å². The van der Waals surface area contributed by atoms with Crippen LogP contribution in [-0.4, -0.2) is 34.5 Å². The highest BCUT2D eigenvalue weighted by atomic mass is 19.4. The maximum atomic E-state index is 13.5. The van der Waals surface area contributed by atoms with Crippen LogP contribution in [0.4, 0.5) is 23.2 Å². The van der Waals surface area contributed by atoms with Crippen LogP contribution >= 0.6 is 0 Å². The number of rotatable bonds is 4. The molecule has 0 radical (unpaired) electrons. The van der Waals surface area contributed by atoms with Crippen LogP contribution in [0.25, 0.3) is 5.70 Å². The number of aliphatic imine (C=N–C) groups is 1. The summed E-state index contributed by atoms with van der Waals surface area (Å²) >= 11 is 0. The Hall–Kier alpha value is -3.33. The number of alkyl halides is 3. The molecular formula is C22H19F4N4O+. The number of hydrogen-bond acceptors (Lipinski definition) is 4. The van der Waals surface area contributed by atoms with Crippen molar-refractivity contribution in [2.75, 3.05) is 11.9 Å². The Balaban J connectivity index is 1.89. The Bertz CT molecular complexity index is 1140. The van der Waals surface area contributed by atoms with E-state index in [-0.39, 0.29) is 12.2 Å². The van der Waals surface area contributed by atoms with E-state index in [1.807, 2.05) is 13.8 Å². The fourth-order valence-corrected chi connectivity index (χ4v) is 3.52. The lowest BCUT2D eigenvalue weighted by atomic mass is 10.0. The van der Waals surface area contributed by atoms with Crippen LogP contribution < -0.4 is 10.6 Å². The predicted octanol–water partition coefficient (Wildman–Crippen LogP) is 4.03. The number of anilines is 1. The molecule has 0 amide bonds. The molecule has 0 atom stereocenters. The molecule has 0 spiro atoms. The maximum absolute atomic E-state index is 13.5. The van der Waals surface area contributed by atoms with Crippen LogP contribution in [0, 0.1) is 5.82 Å². The van der Waals surface area contributed by atoms with Gasteiger partial charge in [0.2, 0.25) is 5.70 Å². The third-order valence-corrected chi connectivity index (χ3v) is 5.14. The van der Waals surface area contributed by atoms with E-state index in [1.165, 1.54) is 36.4 Å². The minimum Gasteiger partial charge on any atom is -0.296 e. The molecule has 0 saturated carbocycles. The summed E-state index contributed by atoms with van der Waals surface area (Å²) in [6.07, 6.45) is -3.82. The van der Waals surface area contributed by atoms with Gasteiger partial charge in [0.25, 0.3) is 11.7 Å². The topological polar surface area (TPSA) is 56.5 Å². The number of nitrogens with one attached hydrogen (secondary N) is 2. The lowest BCUT2D eigenvalue weighted by Gasteiger charge is -2.29. The Morgan fingerprint density at radius 3 is 2.52 bits per heavy atom. The molecule has 9 heteroatoms. The number of amidine groups is 1. The first kappa shape index (κ1) is 20.9.